The Kier molecular flexibility index (Phi) is 5.15. The van der Waals surface area contributed by atoms with Gasteiger partial charge < -0.3 is 15.2 Å². The second kappa shape index (κ2) is 6.69. The molecule has 0 saturated heterocycles. The number of hydrogen-bond donors (Lipinski definition) is 1. The first-order valence-corrected chi connectivity index (χ1v) is 8.15. The number of hydrogen-bond acceptors (Lipinski definition) is 3. The van der Waals surface area contributed by atoms with Crippen molar-refractivity contribution in [3.05, 3.63) is 23.8 Å². The van der Waals surface area contributed by atoms with Crippen LogP contribution in [0.5, 0.6) is 11.5 Å². The predicted octanol–water partition coefficient (Wildman–Crippen LogP) is 4.11. The van der Waals surface area contributed by atoms with E-state index in [4.69, 9.17) is 15.2 Å². The van der Waals surface area contributed by atoms with Gasteiger partial charge in [0.05, 0.1) is 13.2 Å². The summed E-state index contributed by atoms with van der Waals surface area (Å²) in [6.45, 7) is 10.2. The molecule has 3 nitrogen and oxygen atoms in total. The molecule has 2 unspecified atom stereocenters. The summed E-state index contributed by atoms with van der Waals surface area (Å²) in [6.07, 6.45) is 3.05. The van der Waals surface area contributed by atoms with Gasteiger partial charge in [0.15, 0.2) is 11.5 Å². The van der Waals surface area contributed by atoms with Gasteiger partial charge in [-0.15, -0.1) is 0 Å². The maximum Gasteiger partial charge on any atom is 0.161 e. The summed E-state index contributed by atoms with van der Waals surface area (Å²) in [4.78, 5) is 0. The van der Waals surface area contributed by atoms with Crippen molar-refractivity contribution in [3.8, 4) is 11.5 Å². The van der Waals surface area contributed by atoms with Crippen LogP contribution in [-0.2, 0) is 0 Å². The van der Waals surface area contributed by atoms with Crippen LogP contribution in [0.15, 0.2) is 18.2 Å². The van der Waals surface area contributed by atoms with E-state index in [9.17, 15) is 0 Å². The highest BCUT2D eigenvalue weighted by Gasteiger charge is 2.46. The second-order valence-corrected chi connectivity index (χ2v) is 6.62. The highest BCUT2D eigenvalue weighted by Crippen LogP contribution is 2.52. The molecule has 1 fully saturated rings. The van der Waals surface area contributed by atoms with E-state index >= 15 is 0 Å². The molecule has 21 heavy (non-hydrogen) atoms. The van der Waals surface area contributed by atoms with Crippen LogP contribution in [0.1, 0.15) is 58.4 Å². The first kappa shape index (κ1) is 16.2. The molecule has 0 radical (unpaired) electrons. The van der Waals surface area contributed by atoms with Crippen LogP contribution in [0, 0.1) is 5.41 Å². The zero-order chi connectivity index (χ0) is 15.5. The van der Waals surface area contributed by atoms with E-state index in [1.54, 1.807) is 0 Å². The van der Waals surface area contributed by atoms with Crippen LogP contribution < -0.4 is 15.2 Å². The predicted molar refractivity (Wildman–Crippen MR) is 87.1 cm³/mol. The standard InChI is InChI=1S/C18H29NO2/c1-5-9-20-15-8-7-13(11-16(15)21-10-6-2)14-12-17(19)18(14,3)4/h7-8,11,14,17H,5-6,9-10,12,19H2,1-4H3. The van der Waals surface area contributed by atoms with Gasteiger partial charge in [-0.05, 0) is 48.3 Å². The van der Waals surface area contributed by atoms with Crippen molar-refractivity contribution in [2.45, 2.75) is 58.9 Å². The molecule has 1 aliphatic rings. The normalized spacial score (nSPS) is 23.5. The van der Waals surface area contributed by atoms with Crippen LogP contribution in [0.3, 0.4) is 0 Å². The third kappa shape index (κ3) is 3.34. The number of nitrogens with two attached hydrogens (primary N) is 1. The SMILES string of the molecule is CCCOc1ccc(C2CC(N)C2(C)C)cc1OCCC. The molecule has 1 aliphatic carbocycles. The van der Waals surface area contributed by atoms with E-state index in [-0.39, 0.29) is 5.41 Å². The first-order valence-electron chi connectivity index (χ1n) is 8.15. The molecule has 1 saturated carbocycles. The van der Waals surface area contributed by atoms with E-state index in [2.05, 4.69) is 45.9 Å². The molecule has 1 aromatic rings. The molecule has 0 aromatic heterocycles. The van der Waals surface area contributed by atoms with Gasteiger partial charge in [0.1, 0.15) is 0 Å². The Balaban J connectivity index is 2.20. The van der Waals surface area contributed by atoms with Crippen LogP contribution in [0.25, 0.3) is 0 Å². The Morgan fingerprint density at radius 2 is 1.71 bits per heavy atom. The molecule has 0 amide bonds. The largest absolute Gasteiger partial charge is 0.490 e. The lowest BCUT2D eigenvalue weighted by Crippen LogP contribution is -2.52. The van der Waals surface area contributed by atoms with Gasteiger partial charge >= 0.3 is 0 Å². The lowest BCUT2D eigenvalue weighted by atomic mass is 9.57. The summed E-state index contributed by atoms with van der Waals surface area (Å²) in [6, 6.07) is 6.66. The zero-order valence-corrected chi connectivity index (χ0v) is 13.8. The Hall–Kier alpha value is -1.22. The molecular formula is C18H29NO2. The third-order valence-corrected chi connectivity index (χ3v) is 4.64. The molecule has 1 aromatic carbocycles. The van der Waals surface area contributed by atoms with Crippen molar-refractivity contribution in [3.63, 3.8) is 0 Å². The van der Waals surface area contributed by atoms with Gasteiger partial charge in [-0.1, -0.05) is 33.8 Å². The van der Waals surface area contributed by atoms with Crippen molar-refractivity contribution in [1.29, 1.82) is 0 Å². The number of benzene rings is 1. The maximum atomic E-state index is 6.14. The summed E-state index contributed by atoms with van der Waals surface area (Å²) in [5.41, 5.74) is 7.62. The van der Waals surface area contributed by atoms with Crippen LogP contribution >= 0.6 is 0 Å². The average Bonchev–Trinajstić information content (AvgIpc) is 2.48. The Morgan fingerprint density at radius 3 is 2.24 bits per heavy atom. The van der Waals surface area contributed by atoms with E-state index in [1.807, 2.05) is 0 Å². The van der Waals surface area contributed by atoms with Gasteiger partial charge in [-0.3, -0.25) is 0 Å². The van der Waals surface area contributed by atoms with Gasteiger partial charge in [-0.25, -0.2) is 0 Å². The summed E-state index contributed by atoms with van der Waals surface area (Å²) in [7, 11) is 0. The molecule has 2 N–H and O–H groups in total. The highest BCUT2D eigenvalue weighted by molar-refractivity contribution is 5.45. The third-order valence-electron chi connectivity index (χ3n) is 4.64. The van der Waals surface area contributed by atoms with Crippen LogP contribution in [0.4, 0.5) is 0 Å². The Bertz CT molecular complexity index is 470. The lowest BCUT2D eigenvalue weighted by molar-refractivity contribution is 0.0980. The second-order valence-electron chi connectivity index (χ2n) is 6.62. The fraction of sp³-hybridized carbons (Fsp3) is 0.667. The minimum absolute atomic E-state index is 0.161. The van der Waals surface area contributed by atoms with E-state index in [1.165, 1.54) is 5.56 Å². The molecule has 0 heterocycles. The van der Waals surface area contributed by atoms with Gasteiger partial charge in [0, 0.05) is 6.04 Å². The lowest BCUT2D eigenvalue weighted by Gasteiger charge is -2.50. The smallest absolute Gasteiger partial charge is 0.161 e. The minimum Gasteiger partial charge on any atom is -0.490 e. The summed E-state index contributed by atoms with van der Waals surface area (Å²) < 4.78 is 11.7. The van der Waals surface area contributed by atoms with Gasteiger partial charge in [-0.2, -0.15) is 0 Å². The molecular weight excluding hydrogens is 262 g/mol. The number of ether oxygens (including phenoxy) is 2. The molecule has 0 bridgehead atoms. The summed E-state index contributed by atoms with van der Waals surface area (Å²) in [5.74, 6) is 2.24. The van der Waals surface area contributed by atoms with Gasteiger partial charge in [0.25, 0.3) is 0 Å². The van der Waals surface area contributed by atoms with Crippen LogP contribution in [-0.4, -0.2) is 19.3 Å². The minimum atomic E-state index is 0.161. The van der Waals surface area contributed by atoms with E-state index < -0.39 is 0 Å². The topological polar surface area (TPSA) is 44.5 Å². The maximum absolute atomic E-state index is 6.14. The molecule has 118 valence electrons. The zero-order valence-electron chi connectivity index (χ0n) is 13.8. The molecule has 3 heteroatoms. The van der Waals surface area contributed by atoms with Crippen molar-refractivity contribution >= 4 is 0 Å². The Morgan fingerprint density at radius 1 is 1.10 bits per heavy atom. The monoisotopic (exact) mass is 291 g/mol. The average molecular weight is 291 g/mol. The van der Waals surface area contributed by atoms with Crippen LogP contribution in [0.2, 0.25) is 0 Å². The van der Waals surface area contributed by atoms with E-state index in [0.717, 1.165) is 44.0 Å². The van der Waals surface area contributed by atoms with Crippen molar-refractivity contribution in [2.24, 2.45) is 11.1 Å². The number of rotatable bonds is 7. The fourth-order valence-electron chi connectivity index (χ4n) is 2.92. The van der Waals surface area contributed by atoms with Crippen molar-refractivity contribution < 1.29 is 9.47 Å². The molecule has 0 aliphatic heterocycles. The molecule has 2 atom stereocenters. The summed E-state index contributed by atoms with van der Waals surface area (Å²) in [5, 5.41) is 0. The first-order chi connectivity index (χ1) is 10.0. The van der Waals surface area contributed by atoms with E-state index in [0.29, 0.717) is 12.0 Å². The highest BCUT2D eigenvalue weighted by atomic mass is 16.5. The molecule has 0 spiro atoms. The quantitative estimate of drug-likeness (QED) is 0.822. The fourth-order valence-corrected chi connectivity index (χ4v) is 2.92. The molecule has 2 rings (SSSR count). The van der Waals surface area contributed by atoms with Gasteiger partial charge in [0.2, 0.25) is 0 Å². The van der Waals surface area contributed by atoms with Crippen molar-refractivity contribution in [1.82, 2.24) is 0 Å². The summed E-state index contributed by atoms with van der Waals surface area (Å²) >= 11 is 0. The Labute approximate surface area is 128 Å². The van der Waals surface area contributed by atoms with Crippen molar-refractivity contribution in [2.75, 3.05) is 13.2 Å².